The maximum absolute atomic E-state index is 15.3. The van der Waals surface area contributed by atoms with Gasteiger partial charge in [-0.1, -0.05) is 24.6 Å². The van der Waals surface area contributed by atoms with Gasteiger partial charge in [-0.15, -0.1) is 5.10 Å². The van der Waals surface area contributed by atoms with Crippen LogP contribution in [0.4, 0.5) is 10.1 Å². The fourth-order valence-electron chi connectivity index (χ4n) is 5.62. The molecule has 0 spiro atoms. The Kier molecular flexibility index (Phi) is 6.91. The van der Waals surface area contributed by atoms with Crippen molar-refractivity contribution in [3.05, 3.63) is 74.3 Å². The van der Waals surface area contributed by atoms with Crippen LogP contribution in [0.5, 0.6) is 0 Å². The molecule has 12 heteroatoms. The lowest BCUT2D eigenvalue weighted by Gasteiger charge is -2.51. The van der Waals surface area contributed by atoms with Gasteiger partial charge in [0.1, 0.15) is 16.8 Å². The fraction of sp³-hybridized carbons (Fsp3) is 0.462. The molecular formula is C26H31ClFN5O4S. The van der Waals surface area contributed by atoms with Crippen molar-refractivity contribution >= 4 is 27.3 Å². The third-order valence-corrected chi connectivity index (χ3v) is 10.1. The van der Waals surface area contributed by atoms with Gasteiger partial charge in [-0.3, -0.25) is 0 Å². The van der Waals surface area contributed by atoms with Gasteiger partial charge < -0.3 is 14.2 Å². The standard InChI is InChI=1S/C26H31ClFN5O4S/c1-14-6-8-20(28)23(15(14)2)16(3)24(25-29-30-26(34)37-25)33-13-32(19-11-18(12-19)31(4)5)21-10-17(27)7-9-22(21)38(33,35)36/h6-10,16,18-19,24H,11-13H2,1-5H3,(H,30,34)/t16-,18?,19?,24+/m1/s1. The van der Waals surface area contributed by atoms with Crippen LogP contribution in [0.2, 0.25) is 5.02 Å². The van der Waals surface area contributed by atoms with Crippen LogP contribution in [0.1, 0.15) is 54.3 Å². The second kappa shape index (κ2) is 9.78. The first-order chi connectivity index (χ1) is 17.9. The van der Waals surface area contributed by atoms with Crippen molar-refractivity contribution in [1.82, 2.24) is 19.4 Å². The first-order valence-corrected chi connectivity index (χ1v) is 14.3. The number of rotatable bonds is 6. The molecule has 1 aromatic heterocycles. The Bertz CT molecular complexity index is 1530. The Morgan fingerprint density at radius 3 is 2.55 bits per heavy atom. The number of aryl methyl sites for hydroxylation is 1. The summed E-state index contributed by atoms with van der Waals surface area (Å²) in [5.74, 6) is -2.13. The average molecular weight is 564 g/mol. The number of hydrogen-bond acceptors (Lipinski definition) is 7. The molecule has 1 aliphatic carbocycles. The maximum Gasteiger partial charge on any atom is 0.434 e. The van der Waals surface area contributed by atoms with Gasteiger partial charge in [0.2, 0.25) is 15.9 Å². The van der Waals surface area contributed by atoms with Crippen molar-refractivity contribution in [2.24, 2.45) is 0 Å². The Balaban J connectivity index is 1.66. The normalized spacial score (nSPS) is 22.7. The number of nitrogens with one attached hydrogen (secondary N) is 1. The molecule has 0 bridgehead atoms. The molecule has 0 radical (unpaired) electrons. The average Bonchev–Trinajstić information content (AvgIpc) is 3.23. The molecule has 2 aromatic carbocycles. The molecule has 0 amide bonds. The second-order valence-corrected chi connectivity index (χ2v) is 12.7. The molecule has 5 rings (SSSR count). The van der Waals surface area contributed by atoms with Gasteiger partial charge in [0.05, 0.1) is 12.4 Å². The number of fused-ring (bicyclic) bond motifs is 1. The summed E-state index contributed by atoms with van der Waals surface area (Å²) in [5.41, 5.74) is 2.44. The smallest absolute Gasteiger partial charge is 0.391 e. The summed E-state index contributed by atoms with van der Waals surface area (Å²) in [6.07, 6.45) is 1.69. The summed E-state index contributed by atoms with van der Waals surface area (Å²) < 4.78 is 50.2. The maximum atomic E-state index is 15.3. The van der Waals surface area contributed by atoms with Gasteiger partial charge in [-0.25, -0.2) is 22.7 Å². The van der Waals surface area contributed by atoms with Gasteiger partial charge in [0, 0.05) is 23.0 Å². The van der Waals surface area contributed by atoms with E-state index in [4.69, 9.17) is 16.0 Å². The van der Waals surface area contributed by atoms with Crippen molar-refractivity contribution in [2.75, 3.05) is 25.7 Å². The summed E-state index contributed by atoms with van der Waals surface area (Å²) in [4.78, 5) is 16.3. The second-order valence-electron chi connectivity index (χ2n) is 10.4. The van der Waals surface area contributed by atoms with Crippen LogP contribution in [-0.2, 0) is 10.0 Å². The molecule has 0 unspecified atom stereocenters. The molecule has 1 saturated carbocycles. The topological polar surface area (TPSA) is 103 Å². The van der Waals surface area contributed by atoms with Crippen molar-refractivity contribution < 1.29 is 17.2 Å². The molecule has 1 aliphatic heterocycles. The highest BCUT2D eigenvalue weighted by Crippen LogP contribution is 2.47. The van der Waals surface area contributed by atoms with Crippen molar-refractivity contribution in [3.8, 4) is 0 Å². The van der Waals surface area contributed by atoms with Gasteiger partial charge in [-0.2, -0.15) is 4.31 Å². The molecule has 1 fully saturated rings. The van der Waals surface area contributed by atoms with E-state index in [2.05, 4.69) is 15.1 Å². The number of benzene rings is 2. The molecule has 2 atom stereocenters. The molecule has 0 saturated heterocycles. The van der Waals surface area contributed by atoms with Crippen LogP contribution in [0.15, 0.2) is 44.4 Å². The van der Waals surface area contributed by atoms with Crippen LogP contribution in [0, 0.1) is 19.7 Å². The van der Waals surface area contributed by atoms with E-state index in [1.165, 1.54) is 16.4 Å². The third-order valence-electron chi connectivity index (χ3n) is 8.05. The number of sulfonamides is 1. The van der Waals surface area contributed by atoms with Gasteiger partial charge in [0.25, 0.3) is 0 Å². The number of nitrogens with zero attached hydrogens (tertiary/aromatic N) is 4. The number of halogens is 2. The number of anilines is 1. The zero-order chi connectivity index (χ0) is 27.5. The van der Waals surface area contributed by atoms with Crippen molar-refractivity contribution in [2.45, 2.75) is 62.6 Å². The molecule has 2 aliphatic rings. The third kappa shape index (κ3) is 4.45. The first-order valence-electron chi connectivity index (χ1n) is 12.5. The Labute approximate surface area is 226 Å². The minimum atomic E-state index is -4.12. The highest BCUT2D eigenvalue weighted by molar-refractivity contribution is 7.89. The highest BCUT2D eigenvalue weighted by Gasteiger charge is 2.48. The minimum Gasteiger partial charge on any atom is -0.391 e. The molecule has 204 valence electrons. The van der Waals surface area contributed by atoms with E-state index in [1.54, 1.807) is 32.0 Å². The largest absolute Gasteiger partial charge is 0.434 e. The van der Waals surface area contributed by atoms with E-state index in [0.717, 1.165) is 18.4 Å². The summed E-state index contributed by atoms with van der Waals surface area (Å²) in [5, 5.41) is 6.69. The summed E-state index contributed by atoms with van der Waals surface area (Å²) in [7, 11) is -0.0777. The van der Waals surface area contributed by atoms with Crippen molar-refractivity contribution in [3.63, 3.8) is 0 Å². The Hall–Kier alpha value is -2.73. The molecular weight excluding hydrogens is 533 g/mol. The van der Waals surface area contributed by atoms with E-state index in [-0.39, 0.29) is 23.5 Å². The van der Waals surface area contributed by atoms with E-state index in [1.807, 2.05) is 25.9 Å². The number of H-pyrrole nitrogens is 1. The van der Waals surface area contributed by atoms with Crippen LogP contribution in [-0.4, -0.2) is 60.7 Å². The Morgan fingerprint density at radius 2 is 1.92 bits per heavy atom. The van der Waals surface area contributed by atoms with Crippen LogP contribution >= 0.6 is 11.6 Å². The summed E-state index contributed by atoms with van der Waals surface area (Å²) in [6.45, 7) is 5.36. The number of hydrogen-bond donors (Lipinski definition) is 1. The lowest BCUT2D eigenvalue weighted by Crippen LogP contribution is -2.58. The van der Waals surface area contributed by atoms with Gasteiger partial charge >= 0.3 is 5.76 Å². The molecule has 1 N–H and O–H groups in total. The molecule has 9 nitrogen and oxygen atoms in total. The van der Waals surface area contributed by atoms with Crippen LogP contribution in [0.25, 0.3) is 0 Å². The minimum absolute atomic E-state index is 0.0292. The summed E-state index contributed by atoms with van der Waals surface area (Å²) >= 11 is 6.31. The van der Waals surface area contributed by atoms with E-state index < -0.39 is 33.6 Å². The van der Waals surface area contributed by atoms with Gasteiger partial charge in [-0.05, 0) is 81.7 Å². The Morgan fingerprint density at radius 1 is 1.21 bits per heavy atom. The number of aromatic nitrogens is 2. The van der Waals surface area contributed by atoms with E-state index >= 15 is 4.39 Å². The molecule has 38 heavy (non-hydrogen) atoms. The predicted octanol–water partition coefficient (Wildman–Crippen LogP) is 4.18. The quantitative estimate of drug-likeness (QED) is 0.480. The SMILES string of the molecule is Cc1ccc(F)c([C@@H](C)[C@@H](c2n[nH]c(=O)o2)N2CN(C3CC(N(C)C)C3)c3cc(Cl)ccc3S2(=O)=O)c1C. The van der Waals surface area contributed by atoms with Crippen LogP contribution < -0.4 is 10.7 Å². The zero-order valence-electron chi connectivity index (χ0n) is 21.9. The van der Waals surface area contributed by atoms with Gasteiger partial charge in [0.15, 0.2) is 0 Å². The first kappa shape index (κ1) is 26.9. The number of aromatic amines is 1. The van der Waals surface area contributed by atoms with Crippen LogP contribution in [0.3, 0.4) is 0 Å². The van der Waals surface area contributed by atoms with E-state index in [0.29, 0.717) is 27.9 Å². The zero-order valence-corrected chi connectivity index (χ0v) is 23.5. The predicted molar refractivity (Wildman–Crippen MR) is 142 cm³/mol. The lowest BCUT2D eigenvalue weighted by atomic mass is 9.84. The lowest BCUT2D eigenvalue weighted by molar-refractivity contribution is 0.147. The monoisotopic (exact) mass is 563 g/mol. The van der Waals surface area contributed by atoms with Crippen molar-refractivity contribution in [1.29, 1.82) is 0 Å². The highest BCUT2D eigenvalue weighted by atomic mass is 35.5. The van der Waals surface area contributed by atoms with E-state index in [9.17, 15) is 13.2 Å². The fourth-order valence-corrected chi connectivity index (χ4v) is 7.57. The molecule has 3 aromatic rings. The summed E-state index contributed by atoms with van der Waals surface area (Å²) in [6, 6.07) is 7.11. The molecule has 2 heterocycles.